The Morgan fingerprint density at radius 3 is 2.15 bits per heavy atom. The third-order valence-corrected chi connectivity index (χ3v) is 7.30. The Hall–Kier alpha value is -3.32. The van der Waals surface area contributed by atoms with Crippen molar-refractivity contribution in [2.24, 2.45) is 0 Å². The molecule has 0 saturated heterocycles. The normalized spacial score (nSPS) is 12.3. The van der Waals surface area contributed by atoms with Gasteiger partial charge in [0.25, 0.3) is 0 Å². The van der Waals surface area contributed by atoms with E-state index in [-0.39, 0.29) is 24.3 Å². The topological polar surface area (TPSA) is 67.9 Å². The van der Waals surface area contributed by atoms with Gasteiger partial charge in [0.05, 0.1) is 13.2 Å². The average Bonchev–Trinajstić information content (AvgIpc) is 2.96. The number of halogens is 1. The highest BCUT2D eigenvalue weighted by molar-refractivity contribution is 9.10. The van der Waals surface area contributed by atoms with Crippen molar-refractivity contribution in [2.45, 2.75) is 72.0 Å². The van der Waals surface area contributed by atoms with Gasteiger partial charge in [-0.15, -0.1) is 0 Å². The lowest BCUT2D eigenvalue weighted by Gasteiger charge is -2.32. The third kappa shape index (κ3) is 9.40. The second-order valence-electron chi connectivity index (χ2n) is 9.82. The molecule has 2 amide bonds. The minimum atomic E-state index is -0.646. The van der Waals surface area contributed by atoms with Crippen molar-refractivity contribution < 1.29 is 19.1 Å². The standard InChI is InChI=1S/C33H41BrN2O4/c1-5-24(4)35-33(38)29(21-25-11-9-8-10-12-25)36(23-27-13-17-28(34)18-14-27)32(37)20-16-26-15-19-30(39-6-2)31(22-26)40-7-3/h8-15,17-19,22,24,29H,5-7,16,20-21,23H2,1-4H3,(H,35,38)/t24-,29-/m0/s1. The minimum Gasteiger partial charge on any atom is -0.490 e. The zero-order valence-corrected chi connectivity index (χ0v) is 25.6. The van der Waals surface area contributed by atoms with Gasteiger partial charge in [0, 0.05) is 29.9 Å². The summed E-state index contributed by atoms with van der Waals surface area (Å²) in [5.74, 6) is 1.16. The van der Waals surface area contributed by atoms with Gasteiger partial charge < -0.3 is 19.7 Å². The first-order valence-electron chi connectivity index (χ1n) is 14.1. The van der Waals surface area contributed by atoms with Crippen LogP contribution in [0.1, 0.15) is 57.2 Å². The molecule has 0 fully saturated rings. The molecule has 0 spiro atoms. The van der Waals surface area contributed by atoms with E-state index < -0.39 is 6.04 Å². The van der Waals surface area contributed by atoms with E-state index in [0.29, 0.717) is 44.1 Å². The largest absolute Gasteiger partial charge is 0.490 e. The number of hydrogen-bond acceptors (Lipinski definition) is 4. The summed E-state index contributed by atoms with van der Waals surface area (Å²) in [7, 11) is 0. The molecule has 0 bridgehead atoms. The first-order chi connectivity index (χ1) is 19.3. The summed E-state index contributed by atoms with van der Waals surface area (Å²) in [4.78, 5) is 29.3. The van der Waals surface area contributed by atoms with Crippen LogP contribution in [-0.4, -0.2) is 42.0 Å². The summed E-state index contributed by atoms with van der Waals surface area (Å²) in [6.45, 7) is 9.30. The van der Waals surface area contributed by atoms with E-state index in [9.17, 15) is 9.59 Å². The van der Waals surface area contributed by atoms with Crippen LogP contribution in [0, 0.1) is 0 Å². The van der Waals surface area contributed by atoms with Gasteiger partial charge in [-0.05, 0) is 74.6 Å². The number of carbonyl (C=O) groups excluding carboxylic acids is 2. The zero-order valence-electron chi connectivity index (χ0n) is 24.0. The monoisotopic (exact) mass is 608 g/mol. The number of ether oxygens (including phenoxy) is 2. The Morgan fingerprint density at radius 2 is 1.50 bits per heavy atom. The maximum atomic E-state index is 13.9. The first kappa shape index (κ1) is 31.2. The average molecular weight is 610 g/mol. The third-order valence-electron chi connectivity index (χ3n) is 6.77. The zero-order chi connectivity index (χ0) is 28.9. The van der Waals surface area contributed by atoms with Crippen LogP contribution >= 0.6 is 15.9 Å². The lowest BCUT2D eigenvalue weighted by molar-refractivity contribution is -0.141. The van der Waals surface area contributed by atoms with Crippen LogP contribution in [0.25, 0.3) is 0 Å². The highest BCUT2D eigenvalue weighted by Gasteiger charge is 2.30. The van der Waals surface area contributed by atoms with E-state index in [2.05, 4.69) is 21.2 Å². The Morgan fingerprint density at radius 1 is 0.850 bits per heavy atom. The molecule has 3 aromatic rings. The van der Waals surface area contributed by atoms with Gasteiger partial charge in [-0.1, -0.05) is 71.4 Å². The summed E-state index contributed by atoms with van der Waals surface area (Å²) in [5, 5.41) is 3.12. The van der Waals surface area contributed by atoms with Gasteiger partial charge >= 0.3 is 0 Å². The fourth-order valence-corrected chi connectivity index (χ4v) is 4.69. The number of aryl methyl sites for hydroxylation is 1. The van der Waals surface area contributed by atoms with Gasteiger partial charge in [-0.2, -0.15) is 0 Å². The Balaban J connectivity index is 1.90. The highest BCUT2D eigenvalue weighted by atomic mass is 79.9. The maximum absolute atomic E-state index is 13.9. The van der Waals surface area contributed by atoms with Gasteiger partial charge in [-0.3, -0.25) is 9.59 Å². The maximum Gasteiger partial charge on any atom is 0.243 e. The highest BCUT2D eigenvalue weighted by Crippen LogP contribution is 2.29. The quantitative estimate of drug-likeness (QED) is 0.208. The second kappa shape index (κ2) is 16.1. The molecule has 7 heteroatoms. The molecule has 0 saturated carbocycles. The summed E-state index contributed by atoms with van der Waals surface area (Å²) < 4.78 is 12.4. The van der Waals surface area contributed by atoms with Crippen molar-refractivity contribution in [1.29, 1.82) is 0 Å². The van der Waals surface area contributed by atoms with Crippen LogP contribution in [-0.2, 0) is 29.0 Å². The minimum absolute atomic E-state index is 0.0104. The van der Waals surface area contributed by atoms with Gasteiger partial charge in [0.1, 0.15) is 6.04 Å². The lowest BCUT2D eigenvalue weighted by Crippen LogP contribution is -2.52. The molecule has 1 N–H and O–H groups in total. The summed E-state index contributed by atoms with van der Waals surface area (Å²) in [6.07, 6.45) is 2.03. The molecule has 0 aromatic heterocycles. The molecule has 0 unspecified atom stereocenters. The van der Waals surface area contributed by atoms with E-state index in [1.54, 1.807) is 4.90 Å². The van der Waals surface area contributed by atoms with Crippen molar-refractivity contribution in [2.75, 3.05) is 13.2 Å². The van der Waals surface area contributed by atoms with Crippen LogP contribution in [0.15, 0.2) is 77.3 Å². The van der Waals surface area contributed by atoms with Crippen molar-refractivity contribution in [3.63, 3.8) is 0 Å². The van der Waals surface area contributed by atoms with Gasteiger partial charge in [-0.25, -0.2) is 0 Å². The molecule has 3 aromatic carbocycles. The number of nitrogens with one attached hydrogen (secondary N) is 1. The first-order valence-corrected chi connectivity index (χ1v) is 14.9. The molecule has 0 aliphatic carbocycles. The molecule has 0 radical (unpaired) electrons. The molecular formula is C33H41BrN2O4. The Labute approximate surface area is 247 Å². The number of hydrogen-bond donors (Lipinski definition) is 1. The van der Waals surface area contributed by atoms with Gasteiger partial charge in [0.2, 0.25) is 11.8 Å². The molecule has 214 valence electrons. The summed E-state index contributed by atoms with van der Waals surface area (Å²) in [6, 6.07) is 22.9. The van der Waals surface area contributed by atoms with E-state index in [4.69, 9.17) is 9.47 Å². The van der Waals surface area contributed by atoms with Crippen molar-refractivity contribution >= 4 is 27.7 Å². The molecule has 0 heterocycles. The van der Waals surface area contributed by atoms with Crippen molar-refractivity contribution in [3.8, 4) is 11.5 Å². The van der Waals surface area contributed by atoms with Crippen LogP contribution in [0.3, 0.4) is 0 Å². The fourth-order valence-electron chi connectivity index (χ4n) is 4.43. The Kier molecular flexibility index (Phi) is 12.5. The van der Waals surface area contributed by atoms with Crippen molar-refractivity contribution in [1.82, 2.24) is 10.2 Å². The van der Waals surface area contributed by atoms with Crippen LogP contribution < -0.4 is 14.8 Å². The summed E-state index contributed by atoms with van der Waals surface area (Å²) >= 11 is 3.49. The van der Waals surface area contributed by atoms with Crippen LogP contribution in [0.4, 0.5) is 0 Å². The number of benzene rings is 3. The molecule has 0 aliphatic rings. The molecule has 3 rings (SSSR count). The lowest BCUT2D eigenvalue weighted by atomic mass is 10.0. The van der Waals surface area contributed by atoms with E-state index in [1.165, 1.54) is 0 Å². The van der Waals surface area contributed by atoms with Crippen LogP contribution in [0.2, 0.25) is 0 Å². The van der Waals surface area contributed by atoms with E-state index in [1.807, 2.05) is 100 Å². The fraction of sp³-hybridized carbons (Fsp3) is 0.394. The predicted octanol–water partition coefficient (Wildman–Crippen LogP) is 6.73. The molecule has 40 heavy (non-hydrogen) atoms. The molecule has 0 aliphatic heterocycles. The molecular weight excluding hydrogens is 568 g/mol. The number of rotatable bonds is 15. The van der Waals surface area contributed by atoms with Crippen molar-refractivity contribution in [3.05, 3.63) is 94.0 Å². The number of carbonyl (C=O) groups is 2. The van der Waals surface area contributed by atoms with E-state index in [0.717, 1.165) is 27.6 Å². The van der Waals surface area contributed by atoms with Gasteiger partial charge in [0.15, 0.2) is 11.5 Å². The predicted molar refractivity (Wildman–Crippen MR) is 164 cm³/mol. The number of nitrogens with zero attached hydrogens (tertiary/aromatic N) is 1. The SMILES string of the molecule is CCOc1ccc(CCC(=O)N(Cc2ccc(Br)cc2)[C@@H](Cc2ccccc2)C(=O)N[C@@H](C)CC)cc1OCC. The Bertz CT molecular complexity index is 1220. The molecule has 6 nitrogen and oxygen atoms in total. The molecule has 2 atom stereocenters. The van der Waals surface area contributed by atoms with E-state index >= 15 is 0 Å². The van der Waals surface area contributed by atoms with Crippen LogP contribution in [0.5, 0.6) is 11.5 Å². The number of amides is 2. The smallest absolute Gasteiger partial charge is 0.243 e. The second-order valence-corrected chi connectivity index (χ2v) is 10.7. The summed E-state index contributed by atoms with van der Waals surface area (Å²) in [5.41, 5.74) is 2.95.